The Kier molecular flexibility index (Phi) is 3.76. The summed E-state index contributed by atoms with van der Waals surface area (Å²) in [6.07, 6.45) is -1.45. The summed E-state index contributed by atoms with van der Waals surface area (Å²) in [6, 6.07) is 0.170. The second kappa shape index (κ2) is 5.00. The number of hydrogen-bond acceptors (Lipinski definition) is 5. The van der Waals surface area contributed by atoms with Gasteiger partial charge in [-0.3, -0.25) is 0 Å². The molecule has 2 unspecified atom stereocenters. The van der Waals surface area contributed by atoms with Gasteiger partial charge in [0, 0.05) is 24.6 Å². The van der Waals surface area contributed by atoms with Crippen LogP contribution in [0.3, 0.4) is 0 Å². The average molecular weight is 280 g/mol. The van der Waals surface area contributed by atoms with E-state index < -0.39 is 12.0 Å². The molecule has 2 atom stereocenters. The average Bonchev–Trinajstić information content (AvgIpc) is 2.96. The highest BCUT2D eigenvalue weighted by Gasteiger charge is 2.37. The Hall–Kier alpha value is -0.890. The second-order valence-electron chi connectivity index (χ2n) is 4.50. The largest absolute Gasteiger partial charge is 0.452 e. The van der Waals surface area contributed by atoms with E-state index in [2.05, 4.69) is 9.36 Å². The van der Waals surface area contributed by atoms with Crippen LogP contribution in [0.5, 0.6) is 0 Å². The van der Waals surface area contributed by atoms with E-state index in [1.54, 1.807) is 11.9 Å². The van der Waals surface area contributed by atoms with Gasteiger partial charge in [-0.15, -0.1) is 0 Å². The molecule has 102 valence electrons. The minimum absolute atomic E-state index is 0.170. The maximum Gasteiger partial charge on any atom is 0.452 e. The number of rotatable bonds is 3. The first-order chi connectivity index (χ1) is 8.43. The van der Waals surface area contributed by atoms with Gasteiger partial charge in [0.2, 0.25) is 11.0 Å². The summed E-state index contributed by atoms with van der Waals surface area (Å²) in [4.78, 5) is 5.35. The van der Waals surface area contributed by atoms with Crippen molar-refractivity contribution >= 4 is 16.7 Å². The van der Waals surface area contributed by atoms with Crippen LogP contribution in [0.15, 0.2) is 0 Å². The number of alkyl halides is 3. The zero-order chi connectivity index (χ0) is 13.3. The normalized spacial score (nSPS) is 24.5. The molecule has 1 fully saturated rings. The van der Waals surface area contributed by atoms with Crippen molar-refractivity contribution in [2.75, 3.05) is 18.5 Å². The van der Waals surface area contributed by atoms with Gasteiger partial charge in [0.25, 0.3) is 0 Å². The van der Waals surface area contributed by atoms with Crippen LogP contribution in [0.2, 0.25) is 0 Å². The maximum absolute atomic E-state index is 12.4. The van der Waals surface area contributed by atoms with Gasteiger partial charge in [-0.25, -0.2) is 0 Å². The van der Waals surface area contributed by atoms with Crippen molar-refractivity contribution in [2.45, 2.75) is 31.5 Å². The van der Waals surface area contributed by atoms with Crippen molar-refractivity contribution in [1.82, 2.24) is 9.36 Å². The number of anilines is 1. The molecule has 4 nitrogen and oxygen atoms in total. The Balaban J connectivity index is 2.14. The van der Waals surface area contributed by atoms with Crippen LogP contribution in [-0.2, 0) is 6.18 Å². The fraction of sp³-hybridized carbons (Fsp3) is 0.800. The zero-order valence-electron chi connectivity index (χ0n) is 9.94. The van der Waals surface area contributed by atoms with Crippen molar-refractivity contribution in [3.8, 4) is 0 Å². The summed E-state index contributed by atoms with van der Waals surface area (Å²) >= 11 is 0.788. The standard InChI is InChI=1S/C10H15F3N4S/c1-17(7-4-2-3-6(7)5-14)9-15-8(16-18-9)10(11,12)13/h6-7H,2-5,14H2,1H3. The fourth-order valence-electron chi connectivity index (χ4n) is 2.42. The monoisotopic (exact) mass is 280 g/mol. The first-order valence-electron chi connectivity index (χ1n) is 5.77. The smallest absolute Gasteiger partial charge is 0.347 e. The van der Waals surface area contributed by atoms with E-state index in [4.69, 9.17) is 5.73 Å². The van der Waals surface area contributed by atoms with E-state index in [0.717, 1.165) is 30.8 Å². The van der Waals surface area contributed by atoms with Crippen LogP contribution in [0.25, 0.3) is 0 Å². The lowest BCUT2D eigenvalue weighted by Crippen LogP contribution is -2.37. The summed E-state index contributed by atoms with van der Waals surface area (Å²) in [7, 11) is 1.76. The quantitative estimate of drug-likeness (QED) is 0.921. The molecule has 2 rings (SSSR count). The Morgan fingerprint density at radius 3 is 2.72 bits per heavy atom. The molecule has 1 aliphatic rings. The molecule has 0 aromatic carbocycles. The minimum Gasteiger partial charge on any atom is -0.347 e. The predicted molar refractivity (Wildman–Crippen MR) is 63.5 cm³/mol. The summed E-state index contributed by atoms with van der Waals surface area (Å²) in [6.45, 7) is 0.555. The first kappa shape index (κ1) is 13.5. The molecule has 0 radical (unpaired) electrons. The van der Waals surface area contributed by atoms with Gasteiger partial charge >= 0.3 is 6.18 Å². The molecular weight excluding hydrogens is 265 g/mol. The van der Waals surface area contributed by atoms with Crippen molar-refractivity contribution < 1.29 is 13.2 Å². The van der Waals surface area contributed by atoms with Gasteiger partial charge in [-0.2, -0.15) is 22.5 Å². The molecule has 0 bridgehead atoms. The lowest BCUT2D eigenvalue weighted by molar-refractivity contribution is -0.144. The van der Waals surface area contributed by atoms with Crippen LogP contribution in [0.4, 0.5) is 18.3 Å². The number of nitrogens with zero attached hydrogens (tertiary/aromatic N) is 3. The van der Waals surface area contributed by atoms with Crippen LogP contribution >= 0.6 is 11.5 Å². The summed E-state index contributed by atoms with van der Waals surface area (Å²) < 4.78 is 40.6. The van der Waals surface area contributed by atoms with Gasteiger partial charge in [0.1, 0.15) is 0 Å². The van der Waals surface area contributed by atoms with E-state index in [-0.39, 0.29) is 6.04 Å². The predicted octanol–water partition coefficient (Wildman–Crippen LogP) is 2.12. The molecular formula is C10H15F3N4S. The molecule has 8 heteroatoms. The Bertz CT molecular complexity index is 406. The fourth-order valence-corrected chi connectivity index (χ4v) is 3.12. The highest BCUT2D eigenvalue weighted by Crippen LogP contribution is 2.34. The highest BCUT2D eigenvalue weighted by atomic mass is 32.1. The molecule has 0 saturated heterocycles. The van der Waals surface area contributed by atoms with E-state index in [1.165, 1.54) is 0 Å². The molecule has 1 saturated carbocycles. The topological polar surface area (TPSA) is 55.0 Å². The molecule has 0 spiro atoms. The van der Waals surface area contributed by atoms with Crippen LogP contribution in [0.1, 0.15) is 25.1 Å². The van der Waals surface area contributed by atoms with Crippen molar-refractivity contribution in [3.05, 3.63) is 5.82 Å². The van der Waals surface area contributed by atoms with Crippen LogP contribution in [-0.4, -0.2) is 29.0 Å². The molecule has 2 N–H and O–H groups in total. The molecule has 1 aliphatic carbocycles. The third-order valence-electron chi connectivity index (χ3n) is 3.39. The summed E-state index contributed by atoms with van der Waals surface area (Å²) in [5.41, 5.74) is 5.68. The molecule has 18 heavy (non-hydrogen) atoms. The van der Waals surface area contributed by atoms with Crippen molar-refractivity contribution in [1.29, 1.82) is 0 Å². The number of aromatic nitrogens is 2. The lowest BCUT2D eigenvalue weighted by Gasteiger charge is -2.28. The molecule has 0 amide bonds. The van der Waals surface area contributed by atoms with Crippen LogP contribution < -0.4 is 10.6 Å². The van der Waals surface area contributed by atoms with Crippen molar-refractivity contribution in [3.63, 3.8) is 0 Å². The van der Waals surface area contributed by atoms with Crippen LogP contribution in [0, 0.1) is 5.92 Å². The lowest BCUT2D eigenvalue weighted by atomic mass is 10.0. The number of halogens is 3. The molecule has 1 aromatic rings. The third kappa shape index (κ3) is 2.59. The SMILES string of the molecule is CN(c1nc(C(F)(F)F)ns1)C1CCCC1CN. The Labute approximate surface area is 107 Å². The maximum atomic E-state index is 12.4. The summed E-state index contributed by atoms with van der Waals surface area (Å²) in [5.74, 6) is -0.732. The van der Waals surface area contributed by atoms with Gasteiger partial charge in [0.15, 0.2) is 0 Å². The third-order valence-corrected chi connectivity index (χ3v) is 4.20. The minimum atomic E-state index is -4.47. The Morgan fingerprint density at radius 1 is 1.44 bits per heavy atom. The first-order valence-corrected chi connectivity index (χ1v) is 6.54. The molecule has 1 aromatic heterocycles. The highest BCUT2D eigenvalue weighted by molar-refractivity contribution is 7.09. The number of hydrogen-bond donors (Lipinski definition) is 1. The zero-order valence-corrected chi connectivity index (χ0v) is 10.8. The van der Waals surface area contributed by atoms with E-state index in [0.29, 0.717) is 17.6 Å². The second-order valence-corrected chi connectivity index (χ2v) is 5.23. The van der Waals surface area contributed by atoms with Gasteiger partial charge in [-0.05, 0) is 25.3 Å². The summed E-state index contributed by atoms with van der Waals surface area (Å²) in [5, 5.41) is 0.313. The van der Waals surface area contributed by atoms with E-state index >= 15 is 0 Å². The Morgan fingerprint density at radius 2 is 2.17 bits per heavy atom. The van der Waals surface area contributed by atoms with Crippen molar-refractivity contribution in [2.24, 2.45) is 11.7 Å². The van der Waals surface area contributed by atoms with E-state index in [9.17, 15) is 13.2 Å². The molecule has 1 heterocycles. The molecule has 0 aliphatic heterocycles. The van der Waals surface area contributed by atoms with Gasteiger partial charge in [-0.1, -0.05) is 6.42 Å². The van der Waals surface area contributed by atoms with E-state index in [1.807, 2.05) is 0 Å². The van der Waals surface area contributed by atoms with Gasteiger partial charge < -0.3 is 10.6 Å². The number of nitrogens with two attached hydrogens (primary N) is 1. The van der Waals surface area contributed by atoms with Gasteiger partial charge in [0.05, 0.1) is 0 Å².